The van der Waals surface area contributed by atoms with Crippen LogP contribution in [0.15, 0.2) is 18.2 Å². The maximum Gasteiger partial charge on any atom is 0.433 e. The molecule has 38 heavy (non-hydrogen) atoms. The molecule has 3 heterocycles. The molecule has 3 fully saturated rings. The second-order valence-electron chi connectivity index (χ2n) is 10.6. The molecule has 2 amide bonds. The van der Waals surface area contributed by atoms with Crippen molar-refractivity contribution in [1.82, 2.24) is 19.6 Å². The summed E-state index contributed by atoms with van der Waals surface area (Å²) in [6.07, 6.45) is -0.836. The van der Waals surface area contributed by atoms with Crippen LogP contribution in [0.4, 0.5) is 17.6 Å². The molecule has 1 aliphatic carbocycles. The zero-order chi connectivity index (χ0) is 26.5. The molecule has 0 N–H and O–H groups in total. The van der Waals surface area contributed by atoms with E-state index in [0.717, 1.165) is 36.2 Å². The number of aromatic nitrogens is 2. The molecule has 1 aromatic heterocycles. The van der Waals surface area contributed by atoms with Gasteiger partial charge in [0.1, 0.15) is 19.0 Å². The van der Waals surface area contributed by atoms with Crippen LogP contribution in [0.25, 0.3) is 0 Å². The minimum absolute atomic E-state index is 0. The van der Waals surface area contributed by atoms with E-state index in [4.69, 9.17) is 0 Å². The van der Waals surface area contributed by atoms with E-state index in [0.29, 0.717) is 42.9 Å². The van der Waals surface area contributed by atoms with Crippen molar-refractivity contribution in [2.45, 2.75) is 76.2 Å². The summed E-state index contributed by atoms with van der Waals surface area (Å²) < 4.78 is 56.4. The molecule has 0 radical (unpaired) electrons. The van der Waals surface area contributed by atoms with E-state index in [-0.39, 0.29) is 41.7 Å². The molecular weight excluding hydrogens is 539 g/mol. The van der Waals surface area contributed by atoms with Crippen LogP contribution < -0.4 is 0 Å². The van der Waals surface area contributed by atoms with Gasteiger partial charge in [0.15, 0.2) is 0 Å². The Hall–Kier alpha value is -2.31. The van der Waals surface area contributed by atoms with Gasteiger partial charge in [-0.1, -0.05) is 19.6 Å². The second kappa shape index (κ2) is 11.0. The van der Waals surface area contributed by atoms with Gasteiger partial charge in [0.05, 0.1) is 5.69 Å². The van der Waals surface area contributed by atoms with E-state index in [9.17, 15) is 27.2 Å². The maximum atomic E-state index is 14.4. The number of nitrogens with zero attached hydrogens (tertiary/aromatic N) is 4. The summed E-state index contributed by atoms with van der Waals surface area (Å²) >= 11 is 0. The molecule has 5 rings (SSSR count). The van der Waals surface area contributed by atoms with E-state index >= 15 is 0 Å². The Kier molecular flexibility index (Phi) is 8.34. The number of halogens is 4. The average molecular weight is 569 g/mol. The number of likely N-dealkylation sites (tertiary alicyclic amines) is 1. The third-order valence-corrected chi connectivity index (χ3v) is 8.03. The predicted molar refractivity (Wildman–Crippen MR) is 130 cm³/mol. The van der Waals surface area contributed by atoms with Gasteiger partial charge in [0.25, 0.3) is 0 Å². The van der Waals surface area contributed by atoms with Crippen molar-refractivity contribution in [3.05, 3.63) is 52.6 Å². The molecule has 2 saturated heterocycles. The number of hydrogen-bond acceptors (Lipinski definition) is 3. The number of carbonyl (C=O) groups excluding carboxylic acids is 2. The first-order valence-electron chi connectivity index (χ1n) is 12.9. The Morgan fingerprint density at radius 3 is 2.37 bits per heavy atom. The minimum Gasteiger partial charge on any atom is -0.344 e. The molecule has 204 valence electrons. The predicted octanol–water partition coefficient (Wildman–Crippen LogP) is 4.73. The number of alkyl halides is 3. The second-order valence-corrected chi connectivity index (χ2v) is 10.6. The van der Waals surface area contributed by atoms with Crippen LogP contribution in [-0.4, -0.2) is 57.7 Å². The van der Waals surface area contributed by atoms with Crippen LogP contribution in [-0.2, 0) is 39.7 Å². The van der Waals surface area contributed by atoms with Gasteiger partial charge in [-0.3, -0.25) is 14.3 Å². The fourth-order valence-corrected chi connectivity index (χ4v) is 6.07. The zero-order valence-electron chi connectivity index (χ0n) is 21.4. The molecule has 0 spiro atoms. The number of carbonyl (C=O) groups is 2. The summed E-state index contributed by atoms with van der Waals surface area (Å²) in [5, 5.41) is 4.15. The molecule has 12 heteroatoms. The minimum atomic E-state index is -4.62. The molecule has 2 aromatic rings. The largest absolute Gasteiger partial charge is 0.433 e. The number of aryl methyl sites for hydroxylation is 1. The van der Waals surface area contributed by atoms with Crippen LogP contribution in [0.1, 0.15) is 60.7 Å². The van der Waals surface area contributed by atoms with E-state index in [2.05, 4.69) is 11.2 Å². The Bertz CT molecular complexity index is 1170. The number of benzene rings is 1. The Labute approximate surface area is 230 Å². The van der Waals surface area contributed by atoms with Gasteiger partial charge in [0.2, 0.25) is 11.8 Å². The average Bonchev–Trinajstić information content (AvgIpc) is 3.42. The zero-order valence-corrected chi connectivity index (χ0v) is 22.7. The molecule has 1 saturated carbocycles. The van der Waals surface area contributed by atoms with Crippen molar-refractivity contribution in [2.75, 3.05) is 19.6 Å². The molecule has 6 nitrogen and oxygen atoms in total. The normalized spacial score (nSPS) is 22.0. The van der Waals surface area contributed by atoms with Crippen LogP contribution in [0.5, 0.6) is 0 Å². The van der Waals surface area contributed by atoms with Crippen molar-refractivity contribution in [3.63, 3.8) is 0 Å². The molecular formula is C26H30BCrF4N4O2-. The summed E-state index contributed by atoms with van der Waals surface area (Å²) in [5.74, 6) is -0.863. The quantitative estimate of drug-likeness (QED) is 0.298. The van der Waals surface area contributed by atoms with Gasteiger partial charge in [-0.05, 0) is 31.1 Å². The molecule has 1 aromatic carbocycles. The Morgan fingerprint density at radius 2 is 1.79 bits per heavy atom. The van der Waals surface area contributed by atoms with Crippen molar-refractivity contribution in [1.29, 1.82) is 0 Å². The summed E-state index contributed by atoms with van der Waals surface area (Å²) in [7, 11) is 0. The topological polar surface area (TPSA) is 58.4 Å². The van der Waals surface area contributed by atoms with Gasteiger partial charge in [-0.25, -0.2) is 4.39 Å². The third-order valence-electron chi connectivity index (χ3n) is 8.03. The van der Waals surface area contributed by atoms with Gasteiger partial charge in [0, 0.05) is 61.7 Å². The van der Waals surface area contributed by atoms with Crippen molar-refractivity contribution in [2.24, 2.45) is 0 Å². The van der Waals surface area contributed by atoms with E-state index in [1.807, 2.05) is 0 Å². The van der Waals surface area contributed by atoms with Gasteiger partial charge < -0.3 is 9.80 Å². The third kappa shape index (κ3) is 5.96. The van der Waals surface area contributed by atoms with Gasteiger partial charge in [-0.2, -0.15) is 29.9 Å². The Balaban J connectivity index is 0.00000336. The number of rotatable bonds is 5. The first kappa shape index (κ1) is 28.7. The van der Waals surface area contributed by atoms with Crippen molar-refractivity contribution in [3.8, 4) is 0 Å². The molecule has 2 unspecified atom stereocenters. The SMILES string of the molecule is CC(=O)N1CCB(C2CCN(C(=O)Cn3nc(C4CC4)cc3C(F)(F)F)C2c2[c-]c(C)cc(F)c2)CC1.[Cr]. The molecule has 0 bridgehead atoms. The monoisotopic (exact) mass is 569 g/mol. The maximum absolute atomic E-state index is 14.4. The van der Waals surface area contributed by atoms with E-state index in [1.165, 1.54) is 12.1 Å². The van der Waals surface area contributed by atoms with Crippen LogP contribution in [0.2, 0.25) is 18.5 Å². The summed E-state index contributed by atoms with van der Waals surface area (Å²) in [5.41, 5.74) is 0.597. The van der Waals surface area contributed by atoms with Crippen LogP contribution in [0, 0.1) is 18.8 Å². The van der Waals surface area contributed by atoms with Crippen molar-refractivity contribution >= 4 is 18.5 Å². The summed E-state index contributed by atoms with van der Waals surface area (Å²) in [6, 6.07) is 6.50. The molecule has 3 aliphatic rings. The van der Waals surface area contributed by atoms with Gasteiger partial charge in [-0.15, -0.1) is 17.7 Å². The summed E-state index contributed by atoms with van der Waals surface area (Å²) in [4.78, 5) is 28.7. The van der Waals surface area contributed by atoms with Crippen LogP contribution >= 0.6 is 0 Å². The Morgan fingerprint density at radius 1 is 1.11 bits per heavy atom. The smallest absolute Gasteiger partial charge is 0.344 e. The summed E-state index contributed by atoms with van der Waals surface area (Å²) in [6.45, 7) is 4.55. The number of hydrogen-bond donors (Lipinski definition) is 0. The molecule has 2 aliphatic heterocycles. The fraction of sp³-hybridized carbons (Fsp3) is 0.577. The van der Waals surface area contributed by atoms with Gasteiger partial charge >= 0.3 is 6.18 Å². The number of amides is 2. The van der Waals surface area contributed by atoms with E-state index in [1.54, 1.807) is 23.6 Å². The standard InChI is InChI=1S/C26H30BF4N4O2.Cr/c1-16-11-19(13-20(28)12-16)25-21(27-6-9-33(10-7-27)17(2)36)5-8-34(25)24(37)15-35-23(26(29,30)31)14-22(32-35)18-3-4-18;/h12-14,18,21,25H,3-10,15H2,1-2H3;/q-1;. The molecule has 2 atom stereocenters. The van der Waals surface area contributed by atoms with Crippen LogP contribution in [0.3, 0.4) is 0 Å². The van der Waals surface area contributed by atoms with E-state index < -0.39 is 36.2 Å². The van der Waals surface area contributed by atoms with Crippen molar-refractivity contribution < 1.29 is 44.5 Å². The first-order chi connectivity index (χ1) is 17.5. The first-order valence-corrected chi connectivity index (χ1v) is 12.9. The fourth-order valence-electron chi connectivity index (χ4n) is 6.07.